The molecule has 4 rings (SSSR count). The Labute approximate surface area is 173 Å². The number of nitrogens with zero attached hydrogens (tertiary/aromatic N) is 3. The van der Waals surface area contributed by atoms with Crippen molar-refractivity contribution in [2.24, 2.45) is 0 Å². The lowest BCUT2D eigenvalue weighted by molar-refractivity contribution is -0.137. The van der Waals surface area contributed by atoms with Crippen LogP contribution in [0.2, 0.25) is 5.02 Å². The Balaban J connectivity index is 1.77. The largest absolute Gasteiger partial charge is 0.421 e. The van der Waals surface area contributed by atoms with Gasteiger partial charge in [-0.3, -0.25) is 0 Å². The molecule has 0 aliphatic carbocycles. The molecule has 10 heteroatoms. The highest BCUT2D eigenvalue weighted by Gasteiger charge is 2.36. The van der Waals surface area contributed by atoms with Gasteiger partial charge in [0.25, 0.3) is 0 Å². The van der Waals surface area contributed by atoms with Crippen LogP contribution in [0.1, 0.15) is 24.1 Å². The van der Waals surface area contributed by atoms with Gasteiger partial charge >= 0.3 is 6.18 Å². The molecule has 2 N–H and O–H groups in total. The molecule has 0 radical (unpaired) electrons. The van der Waals surface area contributed by atoms with Gasteiger partial charge in [-0.15, -0.1) is 0 Å². The predicted molar refractivity (Wildman–Crippen MR) is 106 cm³/mol. The second-order valence-corrected chi connectivity index (χ2v) is 7.06. The zero-order valence-electron chi connectivity index (χ0n) is 15.4. The summed E-state index contributed by atoms with van der Waals surface area (Å²) >= 11 is 5.99. The van der Waals surface area contributed by atoms with Crippen LogP contribution in [0.15, 0.2) is 48.9 Å². The summed E-state index contributed by atoms with van der Waals surface area (Å²) in [5.74, 6) is -0.737. The van der Waals surface area contributed by atoms with E-state index in [4.69, 9.17) is 11.6 Å². The van der Waals surface area contributed by atoms with E-state index in [-0.39, 0.29) is 11.6 Å². The highest BCUT2D eigenvalue weighted by Crippen LogP contribution is 2.36. The summed E-state index contributed by atoms with van der Waals surface area (Å²) < 4.78 is 53.7. The molecule has 0 aliphatic heterocycles. The molecule has 0 spiro atoms. The van der Waals surface area contributed by atoms with E-state index in [2.05, 4.69) is 25.3 Å². The van der Waals surface area contributed by atoms with E-state index in [1.807, 2.05) is 0 Å². The molecule has 0 fully saturated rings. The van der Waals surface area contributed by atoms with E-state index in [9.17, 15) is 17.6 Å². The minimum absolute atomic E-state index is 0.0760. The lowest BCUT2D eigenvalue weighted by atomic mass is 10.1. The van der Waals surface area contributed by atoms with Gasteiger partial charge in [-0.1, -0.05) is 23.7 Å². The monoisotopic (exact) mass is 435 g/mol. The number of halogens is 5. The average Bonchev–Trinajstić information content (AvgIpc) is 3.10. The van der Waals surface area contributed by atoms with E-state index in [1.54, 1.807) is 19.2 Å². The molecule has 0 aliphatic rings. The summed E-state index contributed by atoms with van der Waals surface area (Å²) in [6.45, 7) is 1.66. The normalized spacial score (nSPS) is 12.9. The fourth-order valence-electron chi connectivity index (χ4n) is 3.03. The Morgan fingerprint density at radius 2 is 1.83 bits per heavy atom. The third-order valence-electron chi connectivity index (χ3n) is 4.56. The molecule has 5 nitrogen and oxygen atoms in total. The number of fused-ring (bicyclic) bond motifs is 1. The van der Waals surface area contributed by atoms with Crippen LogP contribution in [0.4, 0.5) is 23.4 Å². The summed E-state index contributed by atoms with van der Waals surface area (Å²) in [5.41, 5.74) is 0.572. The summed E-state index contributed by atoms with van der Waals surface area (Å²) in [7, 11) is 0. The van der Waals surface area contributed by atoms with Crippen molar-refractivity contribution < 1.29 is 17.6 Å². The van der Waals surface area contributed by atoms with Crippen LogP contribution in [0.5, 0.6) is 0 Å². The maximum Gasteiger partial charge on any atom is 0.421 e. The van der Waals surface area contributed by atoms with Crippen molar-refractivity contribution in [3.05, 3.63) is 70.9 Å². The second kappa shape index (κ2) is 7.56. The minimum Gasteiger partial charge on any atom is -0.363 e. The predicted octanol–water partition coefficient (Wildman–Crippen LogP) is 6.00. The van der Waals surface area contributed by atoms with Crippen LogP contribution in [0.3, 0.4) is 0 Å². The van der Waals surface area contributed by atoms with Crippen molar-refractivity contribution in [3.8, 4) is 11.4 Å². The topological polar surface area (TPSA) is 66.5 Å². The zero-order chi connectivity index (χ0) is 21.5. The molecule has 3 heterocycles. The number of alkyl halides is 3. The third-order valence-corrected chi connectivity index (χ3v) is 4.76. The number of anilines is 1. The molecule has 154 valence electrons. The SMILES string of the molecule is C[C@H](Nc1nc(-c2c[nH]c3ncc(Cl)cc23)ncc1C(F)(F)F)c1ccc(F)cc1. The second-order valence-electron chi connectivity index (χ2n) is 6.62. The van der Waals surface area contributed by atoms with Gasteiger partial charge in [0.05, 0.1) is 5.02 Å². The molecule has 1 aromatic carbocycles. The van der Waals surface area contributed by atoms with Crippen LogP contribution >= 0.6 is 11.6 Å². The molecule has 0 bridgehead atoms. The molecule has 0 saturated heterocycles. The van der Waals surface area contributed by atoms with E-state index >= 15 is 0 Å². The van der Waals surface area contributed by atoms with Gasteiger partial charge < -0.3 is 10.3 Å². The fraction of sp³-hybridized carbons (Fsp3) is 0.150. The number of H-pyrrole nitrogens is 1. The number of aromatic amines is 1. The van der Waals surface area contributed by atoms with Gasteiger partial charge in [-0.05, 0) is 30.7 Å². The molecule has 4 aromatic rings. The number of nitrogens with one attached hydrogen (secondary N) is 2. The van der Waals surface area contributed by atoms with Gasteiger partial charge in [0.1, 0.15) is 22.8 Å². The van der Waals surface area contributed by atoms with Gasteiger partial charge in [-0.2, -0.15) is 13.2 Å². The molecular formula is C20H14ClF4N5. The van der Waals surface area contributed by atoms with Crippen molar-refractivity contribution in [1.29, 1.82) is 0 Å². The van der Waals surface area contributed by atoms with E-state index in [0.717, 1.165) is 6.20 Å². The quantitative estimate of drug-likeness (QED) is 0.385. The Kier molecular flexibility index (Phi) is 5.07. The molecule has 30 heavy (non-hydrogen) atoms. The third kappa shape index (κ3) is 3.93. The first-order valence-electron chi connectivity index (χ1n) is 8.81. The van der Waals surface area contributed by atoms with E-state index in [1.165, 1.54) is 30.5 Å². The number of rotatable bonds is 4. The van der Waals surface area contributed by atoms with Crippen molar-refractivity contribution in [3.63, 3.8) is 0 Å². The Hall–Kier alpha value is -3.20. The van der Waals surface area contributed by atoms with Gasteiger partial charge in [0.15, 0.2) is 5.82 Å². The number of benzene rings is 1. The highest BCUT2D eigenvalue weighted by molar-refractivity contribution is 6.31. The Bertz CT molecular complexity index is 1200. The van der Waals surface area contributed by atoms with Crippen molar-refractivity contribution in [2.45, 2.75) is 19.1 Å². The smallest absolute Gasteiger partial charge is 0.363 e. The standard InChI is InChI=1S/C20H14ClF4N5/c1-10(11-2-4-13(22)5-3-11)29-19-16(20(23,24)25)9-28-18(30-19)15-8-27-17-14(15)6-12(21)7-26-17/h2-10H,1H3,(H,26,27)(H,28,29,30)/t10-/m0/s1. The van der Waals surface area contributed by atoms with Crippen LogP contribution in [-0.4, -0.2) is 19.9 Å². The van der Waals surface area contributed by atoms with E-state index in [0.29, 0.717) is 27.2 Å². The first-order chi connectivity index (χ1) is 14.2. The van der Waals surface area contributed by atoms with E-state index < -0.39 is 23.6 Å². The minimum atomic E-state index is -4.66. The number of pyridine rings is 1. The van der Waals surface area contributed by atoms with Crippen LogP contribution in [0, 0.1) is 5.82 Å². The van der Waals surface area contributed by atoms with Crippen molar-refractivity contribution >= 4 is 28.5 Å². The number of hydrogen-bond acceptors (Lipinski definition) is 4. The van der Waals surface area contributed by atoms with Gasteiger partial charge in [-0.25, -0.2) is 19.3 Å². The summed E-state index contributed by atoms with van der Waals surface area (Å²) in [6, 6.07) is 6.54. The lowest BCUT2D eigenvalue weighted by Gasteiger charge is -2.19. The van der Waals surface area contributed by atoms with Gasteiger partial charge in [0.2, 0.25) is 0 Å². The van der Waals surface area contributed by atoms with Crippen LogP contribution in [-0.2, 0) is 6.18 Å². The van der Waals surface area contributed by atoms with Crippen LogP contribution in [0.25, 0.3) is 22.4 Å². The van der Waals surface area contributed by atoms with Crippen LogP contribution < -0.4 is 5.32 Å². The number of aromatic nitrogens is 4. The Morgan fingerprint density at radius 1 is 1.10 bits per heavy atom. The average molecular weight is 436 g/mol. The maximum atomic E-state index is 13.5. The molecule has 0 unspecified atom stereocenters. The summed E-state index contributed by atoms with van der Waals surface area (Å²) in [5, 5.41) is 3.73. The lowest BCUT2D eigenvalue weighted by Crippen LogP contribution is -2.16. The molecule has 3 aromatic heterocycles. The molecule has 0 saturated carbocycles. The molecule has 1 atom stereocenters. The first-order valence-corrected chi connectivity index (χ1v) is 9.19. The molecular weight excluding hydrogens is 422 g/mol. The van der Waals surface area contributed by atoms with Gasteiger partial charge in [0, 0.05) is 35.6 Å². The maximum absolute atomic E-state index is 13.5. The zero-order valence-corrected chi connectivity index (χ0v) is 16.2. The van der Waals surface area contributed by atoms with Crippen molar-refractivity contribution in [2.75, 3.05) is 5.32 Å². The Morgan fingerprint density at radius 3 is 2.53 bits per heavy atom. The first kappa shape index (κ1) is 20.1. The highest BCUT2D eigenvalue weighted by atomic mass is 35.5. The number of hydrogen-bond donors (Lipinski definition) is 2. The summed E-state index contributed by atoms with van der Waals surface area (Å²) in [6.07, 6.45) is -0.910. The molecule has 0 amide bonds. The summed E-state index contributed by atoms with van der Waals surface area (Å²) in [4.78, 5) is 15.1. The fourth-order valence-corrected chi connectivity index (χ4v) is 3.19. The van der Waals surface area contributed by atoms with Crippen molar-refractivity contribution in [1.82, 2.24) is 19.9 Å².